The van der Waals surface area contributed by atoms with E-state index in [9.17, 15) is 0 Å². The van der Waals surface area contributed by atoms with Gasteiger partial charge < -0.3 is 4.74 Å². The van der Waals surface area contributed by atoms with Crippen molar-refractivity contribution in [3.63, 3.8) is 0 Å². The molecule has 2 atom stereocenters. The third kappa shape index (κ3) is 3.30. The summed E-state index contributed by atoms with van der Waals surface area (Å²) in [7, 11) is 1.71. The van der Waals surface area contributed by atoms with Gasteiger partial charge in [0.15, 0.2) is 0 Å². The lowest BCUT2D eigenvalue weighted by Gasteiger charge is -2.18. The first-order chi connectivity index (χ1) is 9.15. The van der Waals surface area contributed by atoms with E-state index in [1.165, 1.54) is 29.2 Å². The number of rotatable bonds is 5. The van der Waals surface area contributed by atoms with Gasteiger partial charge in [0.2, 0.25) is 0 Å². The van der Waals surface area contributed by atoms with Crippen LogP contribution in [0.2, 0.25) is 0 Å². The monoisotopic (exact) mass is 320 g/mol. The topological polar surface area (TPSA) is 9.23 Å². The van der Waals surface area contributed by atoms with E-state index in [-0.39, 0.29) is 0 Å². The molecule has 0 fully saturated rings. The molecular weight excluding hydrogens is 300 g/mol. The Balaban J connectivity index is 2.31. The van der Waals surface area contributed by atoms with Gasteiger partial charge in [-0.25, -0.2) is 0 Å². The van der Waals surface area contributed by atoms with Crippen molar-refractivity contribution >= 4 is 26.7 Å². The molecule has 0 aromatic heterocycles. The second kappa shape index (κ2) is 6.42. The summed E-state index contributed by atoms with van der Waals surface area (Å²) in [5, 5.41) is 2.51. The second-order valence-electron chi connectivity index (χ2n) is 5.07. The van der Waals surface area contributed by atoms with Crippen LogP contribution in [-0.2, 0) is 0 Å². The number of hydrogen-bond donors (Lipinski definition) is 0. The normalized spacial score (nSPS) is 14.3. The Labute approximate surface area is 124 Å². The number of ether oxygens (including phenoxy) is 1. The van der Waals surface area contributed by atoms with Crippen molar-refractivity contribution in [3.8, 4) is 5.75 Å². The van der Waals surface area contributed by atoms with Crippen molar-refractivity contribution in [1.82, 2.24) is 0 Å². The van der Waals surface area contributed by atoms with Gasteiger partial charge in [0, 0.05) is 4.83 Å². The lowest BCUT2D eigenvalue weighted by molar-refractivity contribution is 0.415. The number of benzene rings is 2. The maximum absolute atomic E-state index is 5.26. The fourth-order valence-corrected chi connectivity index (χ4v) is 3.15. The van der Waals surface area contributed by atoms with Crippen molar-refractivity contribution < 1.29 is 4.74 Å². The van der Waals surface area contributed by atoms with Gasteiger partial charge in [0.1, 0.15) is 5.75 Å². The summed E-state index contributed by atoms with van der Waals surface area (Å²) in [4.78, 5) is 0.549. The Bertz CT molecular complexity index is 550. The Hall–Kier alpha value is -1.02. The summed E-state index contributed by atoms with van der Waals surface area (Å²) in [5.41, 5.74) is 1.40. The van der Waals surface area contributed by atoms with Gasteiger partial charge in [0.05, 0.1) is 7.11 Å². The van der Waals surface area contributed by atoms with Crippen LogP contribution < -0.4 is 4.74 Å². The summed E-state index contributed by atoms with van der Waals surface area (Å²) >= 11 is 3.81. The molecule has 0 amide bonds. The molecule has 0 saturated carbocycles. The van der Waals surface area contributed by atoms with Crippen LogP contribution in [0, 0.1) is 0 Å². The van der Waals surface area contributed by atoms with E-state index < -0.39 is 0 Å². The van der Waals surface area contributed by atoms with E-state index in [0.717, 1.165) is 5.75 Å². The zero-order valence-corrected chi connectivity index (χ0v) is 13.4. The fraction of sp³-hybridized carbons (Fsp3) is 0.412. The van der Waals surface area contributed by atoms with Gasteiger partial charge in [-0.05, 0) is 40.8 Å². The highest BCUT2D eigenvalue weighted by molar-refractivity contribution is 9.09. The minimum Gasteiger partial charge on any atom is -0.497 e. The summed E-state index contributed by atoms with van der Waals surface area (Å²) in [6.45, 7) is 4.52. The summed E-state index contributed by atoms with van der Waals surface area (Å²) in [5.74, 6) is 1.45. The maximum Gasteiger partial charge on any atom is 0.119 e. The van der Waals surface area contributed by atoms with Crippen molar-refractivity contribution in [2.75, 3.05) is 7.11 Å². The van der Waals surface area contributed by atoms with Crippen molar-refractivity contribution in [1.29, 1.82) is 0 Å². The Morgan fingerprint density at radius 1 is 1.11 bits per heavy atom. The molecule has 2 rings (SSSR count). The number of halogens is 1. The number of methoxy groups -OCH3 is 1. The van der Waals surface area contributed by atoms with Crippen LogP contribution in [0.1, 0.15) is 38.2 Å². The van der Waals surface area contributed by atoms with Crippen molar-refractivity contribution in [2.24, 2.45) is 0 Å². The first-order valence-corrected chi connectivity index (χ1v) is 7.79. The third-order valence-corrected chi connectivity index (χ3v) is 4.96. The fourth-order valence-electron chi connectivity index (χ4n) is 2.39. The Morgan fingerprint density at radius 2 is 1.79 bits per heavy atom. The molecule has 0 aliphatic heterocycles. The second-order valence-corrected chi connectivity index (χ2v) is 6.24. The number of fused-ring (bicyclic) bond motifs is 1. The quantitative estimate of drug-likeness (QED) is 0.659. The molecule has 2 unspecified atom stereocenters. The standard InChI is InChI=1S/C17H21BrO/c1-4-5-17(18)12(2)13-6-7-15-11-16(19-3)9-8-14(15)10-13/h6-12,17H,4-5H2,1-3H3. The van der Waals surface area contributed by atoms with E-state index in [1.54, 1.807) is 7.11 Å². The first kappa shape index (κ1) is 14.4. The molecule has 1 nitrogen and oxygen atoms in total. The van der Waals surface area contributed by atoms with Crippen LogP contribution in [0.25, 0.3) is 10.8 Å². The molecule has 2 aromatic carbocycles. The average molecular weight is 321 g/mol. The zero-order chi connectivity index (χ0) is 13.8. The van der Waals surface area contributed by atoms with Gasteiger partial charge in [0.25, 0.3) is 0 Å². The largest absolute Gasteiger partial charge is 0.497 e. The summed E-state index contributed by atoms with van der Waals surface area (Å²) < 4.78 is 5.26. The van der Waals surface area contributed by atoms with Gasteiger partial charge in [-0.2, -0.15) is 0 Å². The van der Waals surface area contributed by atoms with Crippen LogP contribution in [0.5, 0.6) is 5.75 Å². The molecule has 0 aliphatic carbocycles. The smallest absolute Gasteiger partial charge is 0.119 e. The molecular formula is C17H21BrO. The average Bonchev–Trinajstić information content (AvgIpc) is 2.45. The predicted octanol–water partition coefficient (Wildman–Crippen LogP) is 5.52. The van der Waals surface area contributed by atoms with Crippen LogP contribution in [0.4, 0.5) is 0 Å². The van der Waals surface area contributed by atoms with Gasteiger partial charge in [-0.15, -0.1) is 0 Å². The number of alkyl halides is 1. The molecule has 0 N–H and O–H groups in total. The van der Waals surface area contributed by atoms with Crippen molar-refractivity contribution in [2.45, 2.75) is 37.4 Å². The highest BCUT2D eigenvalue weighted by atomic mass is 79.9. The first-order valence-electron chi connectivity index (χ1n) is 6.87. The molecule has 2 heteroatoms. The predicted molar refractivity (Wildman–Crippen MR) is 86.5 cm³/mol. The molecule has 0 spiro atoms. The summed E-state index contributed by atoms with van der Waals surface area (Å²) in [6, 6.07) is 13.0. The van der Waals surface area contributed by atoms with Crippen LogP contribution in [0.3, 0.4) is 0 Å². The molecule has 2 aromatic rings. The summed E-state index contributed by atoms with van der Waals surface area (Å²) in [6.07, 6.45) is 2.42. The van der Waals surface area contributed by atoms with Crippen molar-refractivity contribution in [3.05, 3.63) is 42.0 Å². The molecule has 0 heterocycles. The Morgan fingerprint density at radius 3 is 2.47 bits per heavy atom. The van der Waals surface area contributed by atoms with Crippen LogP contribution in [0.15, 0.2) is 36.4 Å². The SMILES string of the molecule is CCCC(Br)C(C)c1ccc2cc(OC)ccc2c1. The highest BCUT2D eigenvalue weighted by Gasteiger charge is 2.15. The minimum absolute atomic E-state index is 0.534. The lowest BCUT2D eigenvalue weighted by atomic mass is 9.93. The molecule has 102 valence electrons. The Kier molecular flexibility index (Phi) is 4.87. The van der Waals surface area contributed by atoms with Crippen LogP contribution >= 0.6 is 15.9 Å². The van der Waals surface area contributed by atoms with E-state index in [4.69, 9.17) is 4.74 Å². The van der Waals surface area contributed by atoms with Gasteiger partial charge in [-0.1, -0.05) is 60.5 Å². The van der Waals surface area contributed by atoms with Gasteiger partial charge >= 0.3 is 0 Å². The molecule has 0 saturated heterocycles. The molecule has 19 heavy (non-hydrogen) atoms. The molecule has 0 aliphatic rings. The van der Waals surface area contributed by atoms with E-state index in [0.29, 0.717) is 10.7 Å². The number of hydrogen-bond acceptors (Lipinski definition) is 1. The van der Waals surface area contributed by atoms with Gasteiger partial charge in [-0.3, -0.25) is 0 Å². The van der Waals surface area contributed by atoms with Crippen LogP contribution in [-0.4, -0.2) is 11.9 Å². The van der Waals surface area contributed by atoms with E-state index in [2.05, 4.69) is 60.1 Å². The highest BCUT2D eigenvalue weighted by Crippen LogP contribution is 2.30. The maximum atomic E-state index is 5.26. The lowest BCUT2D eigenvalue weighted by Crippen LogP contribution is -2.08. The van der Waals surface area contributed by atoms with E-state index >= 15 is 0 Å². The third-order valence-electron chi connectivity index (χ3n) is 3.70. The molecule has 0 bridgehead atoms. The van der Waals surface area contributed by atoms with E-state index in [1.807, 2.05) is 6.07 Å². The molecule has 0 radical (unpaired) electrons. The zero-order valence-electron chi connectivity index (χ0n) is 11.8. The minimum atomic E-state index is 0.534.